The van der Waals surface area contributed by atoms with Crippen molar-refractivity contribution in [2.45, 2.75) is 0 Å². The van der Waals surface area contributed by atoms with Gasteiger partial charge in [-0.3, -0.25) is 14.9 Å². The number of carbonyl (C=O) groups excluding carboxylic acids is 2. The fraction of sp³-hybridized carbons (Fsp3) is 0.267. The number of rotatable bonds is 6. The first-order valence-electron chi connectivity index (χ1n) is 7.01. The van der Waals surface area contributed by atoms with Crippen LogP contribution in [0.1, 0.15) is 20.8 Å². The van der Waals surface area contributed by atoms with Crippen LogP contribution in [-0.4, -0.2) is 48.9 Å². The number of benzene rings is 1. The average molecular weight is 354 g/mol. The number of aromatic nitrogens is 1. The summed E-state index contributed by atoms with van der Waals surface area (Å²) in [6.07, 6.45) is 0. The molecule has 0 aliphatic rings. The van der Waals surface area contributed by atoms with Gasteiger partial charge in [0.1, 0.15) is 5.69 Å². The van der Waals surface area contributed by atoms with Gasteiger partial charge in [-0.1, -0.05) is 0 Å². The Morgan fingerprint density at radius 2 is 1.96 bits per heavy atom. The Balaban J connectivity index is 1.96. The lowest BCUT2D eigenvalue weighted by Gasteiger charge is -2.09. The summed E-state index contributed by atoms with van der Waals surface area (Å²) in [5.74, 6) is -3.12. The summed E-state index contributed by atoms with van der Waals surface area (Å²) in [7, 11) is 3.78. The Morgan fingerprint density at radius 3 is 2.62 bits per heavy atom. The molecule has 0 atom stereocenters. The molecule has 0 spiro atoms. The number of carbonyl (C=O) groups is 2. The average Bonchev–Trinajstić information content (AvgIpc) is 2.98. The van der Waals surface area contributed by atoms with Crippen LogP contribution in [0.2, 0.25) is 0 Å². The Labute approximate surface area is 141 Å². The lowest BCUT2D eigenvalue weighted by molar-refractivity contribution is 0.0945. The molecule has 9 heteroatoms. The first-order chi connectivity index (χ1) is 11.4. The molecule has 24 heavy (non-hydrogen) atoms. The highest BCUT2D eigenvalue weighted by Crippen LogP contribution is 2.17. The summed E-state index contributed by atoms with van der Waals surface area (Å²) in [6.45, 7) is 1.16. The number of thiazole rings is 1. The van der Waals surface area contributed by atoms with E-state index in [1.165, 1.54) is 5.38 Å². The molecule has 1 heterocycles. The number of anilines is 1. The van der Waals surface area contributed by atoms with Crippen LogP contribution in [0.3, 0.4) is 0 Å². The maximum atomic E-state index is 13.1. The molecular weight excluding hydrogens is 338 g/mol. The molecule has 6 nitrogen and oxygen atoms in total. The van der Waals surface area contributed by atoms with Crippen molar-refractivity contribution < 1.29 is 18.4 Å². The molecule has 0 fully saturated rings. The van der Waals surface area contributed by atoms with E-state index in [4.69, 9.17) is 0 Å². The van der Waals surface area contributed by atoms with Crippen molar-refractivity contribution >= 4 is 28.3 Å². The third-order valence-corrected chi connectivity index (χ3v) is 3.74. The van der Waals surface area contributed by atoms with Crippen molar-refractivity contribution in [2.24, 2.45) is 0 Å². The quantitative estimate of drug-likeness (QED) is 0.832. The molecule has 0 radical (unpaired) electrons. The van der Waals surface area contributed by atoms with Crippen LogP contribution in [0.4, 0.5) is 13.9 Å². The molecule has 2 amide bonds. The Hall–Kier alpha value is -2.39. The molecule has 1 aromatic carbocycles. The summed E-state index contributed by atoms with van der Waals surface area (Å²) >= 11 is 1.07. The fourth-order valence-corrected chi connectivity index (χ4v) is 2.41. The zero-order chi connectivity index (χ0) is 17.7. The highest BCUT2D eigenvalue weighted by atomic mass is 32.1. The van der Waals surface area contributed by atoms with Crippen molar-refractivity contribution in [3.8, 4) is 0 Å². The molecule has 0 bridgehead atoms. The lowest BCUT2D eigenvalue weighted by Crippen LogP contribution is -2.31. The number of hydrogen-bond acceptors (Lipinski definition) is 5. The number of nitrogens with zero attached hydrogens (tertiary/aromatic N) is 2. The fourth-order valence-electron chi connectivity index (χ4n) is 1.73. The van der Waals surface area contributed by atoms with Crippen molar-refractivity contribution in [1.29, 1.82) is 0 Å². The van der Waals surface area contributed by atoms with E-state index in [0.29, 0.717) is 13.1 Å². The predicted molar refractivity (Wildman–Crippen MR) is 87.3 cm³/mol. The van der Waals surface area contributed by atoms with Crippen molar-refractivity contribution in [2.75, 3.05) is 32.5 Å². The molecule has 0 saturated carbocycles. The zero-order valence-electron chi connectivity index (χ0n) is 13.1. The predicted octanol–water partition coefficient (Wildman–Crippen LogP) is 1.97. The molecule has 128 valence electrons. The largest absolute Gasteiger partial charge is 0.349 e. The van der Waals surface area contributed by atoms with E-state index in [1.54, 1.807) is 0 Å². The van der Waals surface area contributed by atoms with E-state index in [1.807, 2.05) is 19.0 Å². The third-order valence-electron chi connectivity index (χ3n) is 2.98. The maximum Gasteiger partial charge on any atom is 0.270 e. The maximum absolute atomic E-state index is 13.1. The number of hydrogen-bond donors (Lipinski definition) is 2. The number of amides is 2. The Morgan fingerprint density at radius 1 is 1.21 bits per heavy atom. The topological polar surface area (TPSA) is 74.3 Å². The molecule has 0 aliphatic heterocycles. The number of halogens is 2. The van der Waals surface area contributed by atoms with Gasteiger partial charge in [-0.2, -0.15) is 0 Å². The van der Waals surface area contributed by atoms with Gasteiger partial charge in [-0.05, 0) is 32.3 Å². The van der Waals surface area contributed by atoms with Crippen LogP contribution in [0.5, 0.6) is 0 Å². The van der Waals surface area contributed by atoms with Crippen LogP contribution >= 0.6 is 11.3 Å². The van der Waals surface area contributed by atoms with Gasteiger partial charge < -0.3 is 10.2 Å². The van der Waals surface area contributed by atoms with E-state index in [-0.39, 0.29) is 22.3 Å². The van der Waals surface area contributed by atoms with E-state index in [9.17, 15) is 18.4 Å². The van der Waals surface area contributed by atoms with E-state index >= 15 is 0 Å². The summed E-state index contributed by atoms with van der Waals surface area (Å²) in [6, 6.07) is 2.83. The molecule has 0 unspecified atom stereocenters. The van der Waals surface area contributed by atoms with Crippen LogP contribution in [0, 0.1) is 11.6 Å². The van der Waals surface area contributed by atoms with Gasteiger partial charge in [-0.15, -0.1) is 11.3 Å². The van der Waals surface area contributed by atoms with Crippen LogP contribution < -0.4 is 10.6 Å². The number of likely N-dealkylation sites (N-methyl/N-ethyl adjacent to an activating group) is 1. The Bertz CT molecular complexity index is 749. The standard InChI is InChI=1S/C15H16F2N4O2S/c1-21(2)6-5-18-14(23)12-8-24-15(19-12)20-13(22)9-3-4-10(16)11(17)7-9/h3-4,7-8H,5-6H2,1-2H3,(H,18,23)(H,19,20,22). The van der Waals surface area contributed by atoms with Gasteiger partial charge in [0, 0.05) is 24.0 Å². The highest BCUT2D eigenvalue weighted by molar-refractivity contribution is 7.14. The molecular formula is C15H16F2N4O2S. The second kappa shape index (κ2) is 7.93. The van der Waals surface area contributed by atoms with Crippen molar-refractivity contribution in [3.63, 3.8) is 0 Å². The third kappa shape index (κ3) is 4.80. The van der Waals surface area contributed by atoms with Gasteiger partial charge in [-0.25, -0.2) is 13.8 Å². The Kier molecular flexibility index (Phi) is 5.93. The first kappa shape index (κ1) is 18.0. The van der Waals surface area contributed by atoms with Gasteiger partial charge in [0.15, 0.2) is 16.8 Å². The van der Waals surface area contributed by atoms with Gasteiger partial charge in [0.2, 0.25) is 0 Å². The molecule has 0 saturated heterocycles. The normalized spacial score (nSPS) is 10.7. The SMILES string of the molecule is CN(C)CCNC(=O)c1csc(NC(=O)c2ccc(F)c(F)c2)n1. The molecule has 1 aromatic heterocycles. The summed E-state index contributed by atoms with van der Waals surface area (Å²) in [5.41, 5.74) is 0.139. The minimum Gasteiger partial charge on any atom is -0.349 e. The molecule has 0 aliphatic carbocycles. The monoisotopic (exact) mass is 354 g/mol. The molecule has 2 N–H and O–H groups in total. The van der Waals surface area contributed by atoms with Crippen molar-refractivity contribution in [1.82, 2.24) is 15.2 Å². The minimum atomic E-state index is -1.11. The second-order valence-corrected chi connectivity index (χ2v) is 6.04. The van der Waals surface area contributed by atoms with E-state index in [0.717, 1.165) is 29.5 Å². The molecule has 2 rings (SSSR count). The summed E-state index contributed by atoms with van der Waals surface area (Å²) in [5, 5.41) is 6.85. The van der Waals surface area contributed by atoms with Crippen LogP contribution in [0.15, 0.2) is 23.6 Å². The zero-order valence-corrected chi connectivity index (χ0v) is 13.9. The molecule has 2 aromatic rings. The van der Waals surface area contributed by atoms with Gasteiger partial charge >= 0.3 is 0 Å². The van der Waals surface area contributed by atoms with Gasteiger partial charge in [0.05, 0.1) is 0 Å². The second-order valence-electron chi connectivity index (χ2n) is 5.18. The van der Waals surface area contributed by atoms with Crippen LogP contribution in [-0.2, 0) is 0 Å². The summed E-state index contributed by atoms with van der Waals surface area (Å²) < 4.78 is 26.0. The van der Waals surface area contributed by atoms with E-state index in [2.05, 4.69) is 15.6 Å². The lowest BCUT2D eigenvalue weighted by atomic mass is 10.2. The van der Waals surface area contributed by atoms with Crippen LogP contribution in [0.25, 0.3) is 0 Å². The van der Waals surface area contributed by atoms with Crippen molar-refractivity contribution in [3.05, 3.63) is 46.5 Å². The van der Waals surface area contributed by atoms with E-state index < -0.39 is 17.5 Å². The number of nitrogens with one attached hydrogen (secondary N) is 2. The smallest absolute Gasteiger partial charge is 0.270 e. The summed E-state index contributed by atoms with van der Waals surface area (Å²) in [4.78, 5) is 29.8. The minimum absolute atomic E-state index is 0.0407. The highest BCUT2D eigenvalue weighted by Gasteiger charge is 2.14. The first-order valence-corrected chi connectivity index (χ1v) is 7.89. The van der Waals surface area contributed by atoms with Gasteiger partial charge in [0.25, 0.3) is 11.8 Å².